The van der Waals surface area contributed by atoms with Gasteiger partial charge in [0.05, 0.1) is 25.6 Å². The van der Waals surface area contributed by atoms with Crippen LogP contribution in [0.2, 0.25) is 0 Å². The van der Waals surface area contributed by atoms with E-state index < -0.39 is 18.0 Å². The summed E-state index contributed by atoms with van der Waals surface area (Å²) in [6.45, 7) is 3.54. The molecule has 0 bridgehead atoms. The Labute approximate surface area is 174 Å². The first kappa shape index (κ1) is 20.9. The van der Waals surface area contributed by atoms with E-state index in [-0.39, 0.29) is 18.0 Å². The number of hydrogen-bond acceptors (Lipinski definition) is 6. The topological polar surface area (TPSA) is 91.7 Å². The van der Waals surface area contributed by atoms with Crippen LogP contribution in [0.15, 0.2) is 60.8 Å². The van der Waals surface area contributed by atoms with Gasteiger partial charge < -0.3 is 19.5 Å². The van der Waals surface area contributed by atoms with Crippen LogP contribution in [-0.4, -0.2) is 41.5 Å². The highest BCUT2D eigenvalue weighted by molar-refractivity contribution is 6.01. The first-order chi connectivity index (χ1) is 14.5. The smallest absolute Gasteiger partial charge is 0.343 e. The lowest BCUT2D eigenvalue weighted by Crippen LogP contribution is -2.31. The summed E-state index contributed by atoms with van der Waals surface area (Å²) < 4.78 is 17.4. The van der Waals surface area contributed by atoms with Gasteiger partial charge in [0.1, 0.15) is 17.1 Å². The number of benzene rings is 2. The Morgan fingerprint density at radius 1 is 1.07 bits per heavy atom. The minimum absolute atomic E-state index is 0.158. The van der Waals surface area contributed by atoms with Crippen molar-refractivity contribution >= 4 is 17.7 Å². The first-order valence-electron chi connectivity index (χ1n) is 9.45. The number of nitrogens with one attached hydrogen (secondary N) is 1. The van der Waals surface area contributed by atoms with E-state index in [4.69, 9.17) is 14.2 Å². The summed E-state index contributed by atoms with van der Waals surface area (Å²) in [5.74, 6) is 0.411. The summed E-state index contributed by atoms with van der Waals surface area (Å²) in [4.78, 5) is 25.1. The molecule has 1 atom stereocenters. The number of para-hydroxylation sites is 1. The van der Waals surface area contributed by atoms with Gasteiger partial charge in [-0.3, -0.25) is 4.79 Å². The van der Waals surface area contributed by atoms with E-state index in [0.29, 0.717) is 17.2 Å². The Bertz CT molecular complexity index is 999. The van der Waals surface area contributed by atoms with Crippen molar-refractivity contribution in [2.45, 2.75) is 20.0 Å². The number of carbonyl (C=O) groups is 2. The van der Waals surface area contributed by atoms with Crippen molar-refractivity contribution in [2.75, 3.05) is 19.0 Å². The molecule has 156 valence electrons. The van der Waals surface area contributed by atoms with Gasteiger partial charge >= 0.3 is 5.97 Å². The normalized spacial score (nSPS) is 11.4. The number of carbonyl (C=O) groups excluding carboxylic acids is 2. The van der Waals surface area contributed by atoms with Crippen LogP contribution in [0.5, 0.6) is 11.5 Å². The number of rotatable bonds is 8. The molecule has 0 aliphatic rings. The summed E-state index contributed by atoms with van der Waals surface area (Å²) in [5, 5.41) is 7.00. The molecule has 1 N–H and O–H groups in total. The number of methoxy groups -OCH3 is 1. The van der Waals surface area contributed by atoms with Gasteiger partial charge in [0.2, 0.25) is 0 Å². The highest BCUT2D eigenvalue weighted by Gasteiger charge is 2.24. The number of anilines is 1. The molecule has 0 aliphatic carbocycles. The minimum Gasteiger partial charge on any atom is -0.497 e. The highest BCUT2D eigenvalue weighted by Crippen LogP contribution is 2.23. The zero-order valence-corrected chi connectivity index (χ0v) is 17.0. The molecule has 1 aromatic heterocycles. The molecule has 0 aliphatic heterocycles. The van der Waals surface area contributed by atoms with E-state index in [1.165, 1.54) is 10.9 Å². The van der Waals surface area contributed by atoms with Crippen molar-refractivity contribution < 1.29 is 23.8 Å². The van der Waals surface area contributed by atoms with E-state index in [1.807, 2.05) is 30.3 Å². The second-order valence-electron chi connectivity index (χ2n) is 6.30. The standard InChI is InChI=1S/C22H23N3O5/c1-4-29-22(27)19-14-23-25(16-8-6-5-7-9-16)20(19)24-21(26)15(2)30-18-12-10-17(28-3)11-13-18/h5-15H,4H2,1-3H3,(H,24,26). The fourth-order valence-electron chi connectivity index (χ4n) is 2.72. The Balaban J connectivity index is 1.83. The molecule has 0 fully saturated rings. The molecular weight excluding hydrogens is 386 g/mol. The molecule has 30 heavy (non-hydrogen) atoms. The van der Waals surface area contributed by atoms with Gasteiger partial charge in [-0.25, -0.2) is 9.48 Å². The summed E-state index contributed by atoms with van der Waals surface area (Å²) in [7, 11) is 1.57. The molecule has 0 saturated carbocycles. The van der Waals surface area contributed by atoms with Crippen LogP contribution in [0.25, 0.3) is 5.69 Å². The monoisotopic (exact) mass is 409 g/mol. The molecule has 8 heteroatoms. The largest absolute Gasteiger partial charge is 0.497 e. The predicted molar refractivity (Wildman–Crippen MR) is 111 cm³/mol. The molecule has 0 spiro atoms. The summed E-state index contributed by atoms with van der Waals surface area (Å²) in [6.07, 6.45) is 0.544. The van der Waals surface area contributed by atoms with Crippen LogP contribution in [0.1, 0.15) is 24.2 Å². The van der Waals surface area contributed by atoms with Crippen LogP contribution >= 0.6 is 0 Å². The third-order valence-corrected chi connectivity index (χ3v) is 4.25. The van der Waals surface area contributed by atoms with Crippen molar-refractivity contribution in [3.05, 3.63) is 66.4 Å². The number of aromatic nitrogens is 2. The Morgan fingerprint density at radius 3 is 2.37 bits per heavy atom. The van der Waals surface area contributed by atoms with Crippen LogP contribution in [0.4, 0.5) is 5.82 Å². The minimum atomic E-state index is -0.826. The second kappa shape index (κ2) is 9.60. The summed E-state index contributed by atoms with van der Waals surface area (Å²) in [6, 6.07) is 16.1. The maximum absolute atomic E-state index is 12.8. The quantitative estimate of drug-likeness (QED) is 0.573. The van der Waals surface area contributed by atoms with Crippen molar-refractivity contribution in [3.63, 3.8) is 0 Å². The third-order valence-electron chi connectivity index (χ3n) is 4.25. The average Bonchev–Trinajstić information content (AvgIpc) is 3.18. The maximum atomic E-state index is 12.8. The average molecular weight is 409 g/mol. The van der Waals surface area contributed by atoms with Gasteiger partial charge in [0, 0.05) is 0 Å². The number of hydrogen-bond donors (Lipinski definition) is 1. The number of nitrogens with zero attached hydrogens (tertiary/aromatic N) is 2. The molecule has 3 aromatic rings. The Hall–Kier alpha value is -3.81. The van der Waals surface area contributed by atoms with Crippen molar-refractivity contribution in [1.82, 2.24) is 9.78 Å². The number of amides is 1. The number of esters is 1. The fourth-order valence-corrected chi connectivity index (χ4v) is 2.72. The van der Waals surface area contributed by atoms with Gasteiger partial charge in [-0.15, -0.1) is 0 Å². The predicted octanol–water partition coefficient (Wildman–Crippen LogP) is 3.46. The molecule has 0 radical (unpaired) electrons. The fraction of sp³-hybridized carbons (Fsp3) is 0.227. The van der Waals surface area contributed by atoms with E-state index in [2.05, 4.69) is 10.4 Å². The maximum Gasteiger partial charge on any atom is 0.343 e. The molecule has 2 aromatic carbocycles. The third kappa shape index (κ3) is 4.78. The molecular formula is C22H23N3O5. The molecule has 1 unspecified atom stereocenters. The molecule has 1 amide bonds. The Kier molecular flexibility index (Phi) is 6.69. The summed E-state index contributed by atoms with van der Waals surface area (Å²) in [5.41, 5.74) is 0.845. The molecule has 3 rings (SSSR count). The van der Waals surface area contributed by atoms with Gasteiger partial charge in [-0.1, -0.05) is 18.2 Å². The zero-order chi connectivity index (χ0) is 21.5. The van der Waals surface area contributed by atoms with Crippen molar-refractivity contribution in [2.24, 2.45) is 0 Å². The van der Waals surface area contributed by atoms with E-state index in [1.54, 1.807) is 45.2 Å². The summed E-state index contributed by atoms with van der Waals surface area (Å²) >= 11 is 0. The van der Waals surface area contributed by atoms with Gasteiger partial charge in [0.15, 0.2) is 11.9 Å². The van der Waals surface area contributed by atoms with Crippen LogP contribution < -0.4 is 14.8 Å². The van der Waals surface area contributed by atoms with Gasteiger partial charge in [-0.05, 0) is 50.2 Å². The van der Waals surface area contributed by atoms with Gasteiger partial charge in [0.25, 0.3) is 5.91 Å². The lowest BCUT2D eigenvalue weighted by Gasteiger charge is -2.16. The first-order valence-corrected chi connectivity index (χ1v) is 9.45. The highest BCUT2D eigenvalue weighted by atomic mass is 16.5. The van der Waals surface area contributed by atoms with Crippen LogP contribution in [0, 0.1) is 0 Å². The lowest BCUT2D eigenvalue weighted by molar-refractivity contribution is -0.122. The van der Waals surface area contributed by atoms with Crippen LogP contribution in [0.3, 0.4) is 0 Å². The van der Waals surface area contributed by atoms with E-state index in [0.717, 1.165) is 0 Å². The molecule has 1 heterocycles. The number of ether oxygens (including phenoxy) is 3. The van der Waals surface area contributed by atoms with Crippen LogP contribution in [-0.2, 0) is 9.53 Å². The zero-order valence-electron chi connectivity index (χ0n) is 17.0. The molecule has 8 nitrogen and oxygen atoms in total. The lowest BCUT2D eigenvalue weighted by atomic mass is 10.2. The van der Waals surface area contributed by atoms with E-state index in [9.17, 15) is 9.59 Å². The van der Waals surface area contributed by atoms with Crippen molar-refractivity contribution in [3.8, 4) is 17.2 Å². The molecule has 0 saturated heterocycles. The van der Waals surface area contributed by atoms with Crippen molar-refractivity contribution in [1.29, 1.82) is 0 Å². The second-order valence-corrected chi connectivity index (χ2v) is 6.30. The van der Waals surface area contributed by atoms with E-state index >= 15 is 0 Å². The SMILES string of the molecule is CCOC(=O)c1cnn(-c2ccccc2)c1NC(=O)C(C)Oc1ccc(OC)cc1. The Morgan fingerprint density at radius 2 is 1.73 bits per heavy atom. The van der Waals surface area contributed by atoms with Gasteiger partial charge in [-0.2, -0.15) is 5.10 Å².